The second-order valence-corrected chi connectivity index (χ2v) is 20.2. The molecule has 4 fully saturated rings. The standard InChI is InChI=1S/C62H49NS/c1-2-8-47(9-3-1)55-13-6-10-49-11-7-14-56(61(49)55)48-22-31-54(32-23-48)63(53-29-20-46(21-30-53)50-24-33-60-58(37-50)57-12-4-5-15-59(57)64-60)52-27-18-45(19-28-52)44-16-25-51(26-17-44)62-38-41-34-42(39-62)36-43(35-41)40-62/h1-33,37,41-43H,34-36,38-40H2. The molecule has 0 N–H and O–H groups in total. The molecule has 0 spiro atoms. The molecule has 4 bridgehead atoms. The lowest BCUT2D eigenvalue weighted by molar-refractivity contribution is -0.00518. The van der Waals surface area contributed by atoms with E-state index in [9.17, 15) is 0 Å². The lowest BCUT2D eigenvalue weighted by atomic mass is 9.48. The average Bonchev–Trinajstić information content (AvgIpc) is 3.72. The summed E-state index contributed by atoms with van der Waals surface area (Å²) in [6.07, 6.45) is 8.67. The molecule has 0 unspecified atom stereocenters. The molecule has 2 heteroatoms. The molecule has 4 aliphatic rings. The van der Waals surface area contributed by atoms with E-state index in [4.69, 9.17) is 0 Å². The van der Waals surface area contributed by atoms with E-state index >= 15 is 0 Å². The number of hydrogen-bond donors (Lipinski definition) is 0. The Morgan fingerprint density at radius 1 is 0.375 bits per heavy atom. The molecule has 1 aromatic heterocycles. The van der Waals surface area contributed by atoms with Crippen molar-refractivity contribution in [3.8, 4) is 44.5 Å². The summed E-state index contributed by atoms with van der Waals surface area (Å²) in [6.45, 7) is 0. The summed E-state index contributed by atoms with van der Waals surface area (Å²) in [5.41, 5.74) is 15.3. The predicted octanol–water partition coefficient (Wildman–Crippen LogP) is 17.8. The molecule has 14 rings (SSSR count). The van der Waals surface area contributed by atoms with Crippen molar-refractivity contribution in [2.45, 2.75) is 43.9 Å². The summed E-state index contributed by atoms with van der Waals surface area (Å²) >= 11 is 1.87. The Morgan fingerprint density at radius 3 is 1.44 bits per heavy atom. The maximum absolute atomic E-state index is 2.48. The van der Waals surface area contributed by atoms with Crippen molar-refractivity contribution in [1.29, 1.82) is 0 Å². The highest BCUT2D eigenvalue weighted by atomic mass is 32.1. The fraction of sp³-hybridized carbons (Fsp3) is 0.161. The molecule has 10 aromatic rings. The molecule has 0 saturated heterocycles. The van der Waals surface area contributed by atoms with Gasteiger partial charge in [0.25, 0.3) is 0 Å². The highest BCUT2D eigenvalue weighted by Gasteiger charge is 2.51. The van der Waals surface area contributed by atoms with Crippen molar-refractivity contribution < 1.29 is 0 Å². The fourth-order valence-electron chi connectivity index (χ4n) is 12.7. The van der Waals surface area contributed by atoms with Gasteiger partial charge in [-0.2, -0.15) is 0 Å². The van der Waals surface area contributed by atoms with E-state index in [0.717, 1.165) is 34.8 Å². The number of anilines is 3. The lowest BCUT2D eigenvalue weighted by Gasteiger charge is -2.57. The molecule has 308 valence electrons. The predicted molar refractivity (Wildman–Crippen MR) is 273 cm³/mol. The highest BCUT2D eigenvalue weighted by molar-refractivity contribution is 7.25. The van der Waals surface area contributed by atoms with Gasteiger partial charge in [0.1, 0.15) is 0 Å². The van der Waals surface area contributed by atoms with Gasteiger partial charge in [-0.25, -0.2) is 0 Å². The largest absolute Gasteiger partial charge is 0.311 e. The molecule has 0 amide bonds. The van der Waals surface area contributed by atoms with Crippen LogP contribution < -0.4 is 4.90 Å². The topological polar surface area (TPSA) is 3.24 Å². The van der Waals surface area contributed by atoms with Crippen LogP contribution in [0.3, 0.4) is 0 Å². The molecule has 9 aromatic carbocycles. The minimum atomic E-state index is 0.422. The maximum Gasteiger partial charge on any atom is 0.0462 e. The Kier molecular flexibility index (Phi) is 8.98. The minimum absolute atomic E-state index is 0.422. The Balaban J connectivity index is 0.855. The van der Waals surface area contributed by atoms with E-state index in [1.165, 1.54) is 114 Å². The van der Waals surface area contributed by atoms with Crippen LogP contribution in [0.2, 0.25) is 0 Å². The Morgan fingerprint density at radius 2 is 0.844 bits per heavy atom. The first kappa shape index (κ1) is 37.8. The van der Waals surface area contributed by atoms with Gasteiger partial charge in [0, 0.05) is 37.2 Å². The van der Waals surface area contributed by atoms with E-state index in [1.54, 1.807) is 5.56 Å². The zero-order chi connectivity index (χ0) is 42.2. The minimum Gasteiger partial charge on any atom is -0.311 e. The van der Waals surface area contributed by atoms with E-state index in [-0.39, 0.29) is 0 Å². The number of thiophene rings is 1. The molecule has 4 saturated carbocycles. The van der Waals surface area contributed by atoms with Crippen LogP contribution in [0.15, 0.2) is 206 Å². The summed E-state index contributed by atoms with van der Waals surface area (Å²) in [5.74, 6) is 2.86. The Labute approximate surface area is 380 Å². The molecule has 1 nitrogen and oxygen atoms in total. The zero-order valence-corrected chi connectivity index (χ0v) is 36.8. The highest BCUT2D eigenvalue weighted by Crippen LogP contribution is 2.61. The monoisotopic (exact) mass is 839 g/mol. The molecule has 4 aliphatic carbocycles. The van der Waals surface area contributed by atoms with Crippen molar-refractivity contribution in [1.82, 2.24) is 0 Å². The first-order chi connectivity index (χ1) is 31.6. The van der Waals surface area contributed by atoms with Crippen molar-refractivity contribution in [3.63, 3.8) is 0 Å². The van der Waals surface area contributed by atoms with E-state index < -0.39 is 0 Å². The van der Waals surface area contributed by atoms with Crippen molar-refractivity contribution in [2.24, 2.45) is 17.8 Å². The first-order valence-corrected chi connectivity index (χ1v) is 24.1. The van der Waals surface area contributed by atoms with Crippen LogP contribution in [0.4, 0.5) is 17.1 Å². The van der Waals surface area contributed by atoms with Crippen LogP contribution in [0.5, 0.6) is 0 Å². The number of nitrogens with zero attached hydrogens (tertiary/aromatic N) is 1. The molecule has 0 radical (unpaired) electrons. The molecular weight excluding hydrogens is 791 g/mol. The van der Waals surface area contributed by atoms with E-state index in [2.05, 4.69) is 211 Å². The zero-order valence-electron chi connectivity index (χ0n) is 36.0. The number of benzene rings is 9. The molecule has 0 aliphatic heterocycles. The maximum atomic E-state index is 2.48. The van der Waals surface area contributed by atoms with Crippen molar-refractivity contribution >= 4 is 59.3 Å². The van der Waals surface area contributed by atoms with Gasteiger partial charge in [-0.1, -0.05) is 152 Å². The van der Waals surface area contributed by atoms with Crippen LogP contribution in [0.1, 0.15) is 44.1 Å². The first-order valence-electron chi connectivity index (χ1n) is 23.3. The fourth-order valence-corrected chi connectivity index (χ4v) is 13.8. The average molecular weight is 840 g/mol. The van der Waals surface area contributed by atoms with Gasteiger partial charge < -0.3 is 4.90 Å². The third-order valence-electron chi connectivity index (χ3n) is 15.3. The van der Waals surface area contributed by atoms with Crippen LogP contribution in [-0.4, -0.2) is 0 Å². The van der Waals surface area contributed by atoms with Gasteiger partial charge in [-0.15, -0.1) is 11.3 Å². The number of rotatable bonds is 8. The van der Waals surface area contributed by atoms with Crippen LogP contribution in [-0.2, 0) is 5.41 Å². The third-order valence-corrected chi connectivity index (χ3v) is 16.4. The lowest BCUT2D eigenvalue weighted by Crippen LogP contribution is -2.48. The third kappa shape index (κ3) is 6.50. The second kappa shape index (κ2) is 15.2. The number of hydrogen-bond acceptors (Lipinski definition) is 2. The van der Waals surface area contributed by atoms with Crippen molar-refractivity contribution in [3.05, 3.63) is 212 Å². The number of fused-ring (bicyclic) bond motifs is 4. The van der Waals surface area contributed by atoms with Gasteiger partial charge in [0.2, 0.25) is 0 Å². The van der Waals surface area contributed by atoms with Gasteiger partial charge >= 0.3 is 0 Å². The summed E-state index contributed by atoms with van der Waals surface area (Å²) in [6, 6.07) is 77.1. The smallest absolute Gasteiger partial charge is 0.0462 e. The quantitative estimate of drug-likeness (QED) is 0.147. The molecule has 64 heavy (non-hydrogen) atoms. The summed E-state index contributed by atoms with van der Waals surface area (Å²) < 4.78 is 2.67. The summed E-state index contributed by atoms with van der Waals surface area (Å²) in [5, 5.41) is 5.19. The van der Waals surface area contributed by atoms with E-state index in [0.29, 0.717) is 5.41 Å². The van der Waals surface area contributed by atoms with Gasteiger partial charge in [-0.05, 0) is 177 Å². The molecule has 1 heterocycles. The Hall–Kier alpha value is -6.74. The van der Waals surface area contributed by atoms with Gasteiger partial charge in [0.15, 0.2) is 0 Å². The Bertz CT molecular complexity index is 3280. The van der Waals surface area contributed by atoms with Crippen LogP contribution in [0.25, 0.3) is 75.5 Å². The molecular formula is C62H49NS. The van der Waals surface area contributed by atoms with Gasteiger partial charge in [-0.3, -0.25) is 0 Å². The second-order valence-electron chi connectivity index (χ2n) is 19.1. The van der Waals surface area contributed by atoms with Crippen LogP contribution >= 0.6 is 11.3 Å². The normalized spacial score (nSPS) is 20.0. The SMILES string of the molecule is c1ccc(-c2cccc3cccc(-c4ccc(N(c5ccc(-c6ccc(C78CC9CC(CC(C9)C7)C8)cc6)cc5)c5ccc(-c6ccc7sc8ccccc8c7c6)cc5)cc4)c23)cc1. The van der Waals surface area contributed by atoms with E-state index in [1.807, 2.05) is 11.3 Å². The van der Waals surface area contributed by atoms with Crippen LogP contribution in [0, 0.1) is 17.8 Å². The van der Waals surface area contributed by atoms with Gasteiger partial charge in [0.05, 0.1) is 0 Å². The summed E-state index contributed by atoms with van der Waals surface area (Å²) in [4.78, 5) is 2.40. The summed E-state index contributed by atoms with van der Waals surface area (Å²) in [7, 11) is 0. The van der Waals surface area contributed by atoms with Crippen molar-refractivity contribution in [2.75, 3.05) is 4.90 Å². The molecule has 0 atom stereocenters.